The highest BCUT2D eigenvalue weighted by Gasteiger charge is 2.25. The molecule has 1 heterocycles. The van der Waals surface area contributed by atoms with Crippen molar-refractivity contribution in [1.82, 2.24) is 4.72 Å². The maximum atomic E-state index is 13.6. The number of nitrogens with two attached hydrogens (primary N) is 1. The molecular weight excluding hydrogens is 290 g/mol. The topological polar surface area (TPSA) is 81.4 Å². The van der Waals surface area contributed by atoms with E-state index in [0.717, 1.165) is 25.0 Å². The quantitative estimate of drug-likeness (QED) is 0.846. The van der Waals surface area contributed by atoms with E-state index in [2.05, 4.69) is 4.72 Å². The third-order valence-electron chi connectivity index (χ3n) is 3.10. The van der Waals surface area contributed by atoms with Gasteiger partial charge in [-0.15, -0.1) is 0 Å². The van der Waals surface area contributed by atoms with Gasteiger partial charge in [0, 0.05) is 19.7 Å². The molecule has 5 nitrogen and oxygen atoms in total. The Hall–Kier alpha value is -1.09. The van der Waals surface area contributed by atoms with E-state index in [9.17, 15) is 17.2 Å². The van der Waals surface area contributed by atoms with E-state index in [1.54, 1.807) is 0 Å². The fourth-order valence-electron chi connectivity index (χ4n) is 2.02. The Bertz CT molecular complexity index is 587. The van der Waals surface area contributed by atoms with E-state index in [1.807, 2.05) is 0 Å². The van der Waals surface area contributed by atoms with Gasteiger partial charge in [0.2, 0.25) is 10.0 Å². The second-order valence-electron chi connectivity index (χ2n) is 4.58. The number of halogens is 2. The van der Waals surface area contributed by atoms with Crippen LogP contribution in [0.3, 0.4) is 0 Å². The summed E-state index contributed by atoms with van der Waals surface area (Å²) < 4.78 is 58.5. The average Bonchev–Trinajstić information content (AvgIpc) is 2.92. The van der Waals surface area contributed by atoms with Crippen molar-refractivity contribution in [2.45, 2.75) is 30.4 Å². The van der Waals surface area contributed by atoms with Crippen LogP contribution < -0.4 is 10.5 Å². The highest BCUT2D eigenvalue weighted by atomic mass is 32.2. The van der Waals surface area contributed by atoms with Crippen LogP contribution in [0.15, 0.2) is 17.0 Å². The highest BCUT2D eigenvalue weighted by molar-refractivity contribution is 7.89. The first-order chi connectivity index (χ1) is 9.44. The van der Waals surface area contributed by atoms with Crippen molar-refractivity contribution in [2.75, 3.05) is 13.2 Å². The third kappa shape index (κ3) is 3.32. The SMILES string of the molecule is NCc1cc(F)c(F)c(S(=O)(=O)NCC2CCCO2)c1. The van der Waals surface area contributed by atoms with Crippen molar-refractivity contribution in [1.29, 1.82) is 0 Å². The summed E-state index contributed by atoms with van der Waals surface area (Å²) in [5, 5.41) is 0. The maximum Gasteiger partial charge on any atom is 0.243 e. The predicted octanol–water partition coefficient (Wildman–Crippen LogP) is 0.881. The van der Waals surface area contributed by atoms with Crippen LogP contribution >= 0.6 is 0 Å². The highest BCUT2D eigenvalue weighted by Crippen LogP contribution is 2.20. The van der Waals surface area contributed by atoms with Crippen LogP contribution in [0.4, 0.5) is 8.78 Å². The fraction of sp³-hybridized carbons (Fsp3) is 0.500. The van der Waals surface area contributed by atoms with Crippen LogP contribution in [-0.2, 0) is 21.3 Å². The molecule has 2 rings (SSSR count). The summed E-state index contributed by atoms with van der Waals surface area (Å²) in [7, 11) is -4.13. The lowest BCUT2D eigenvalue weighted by Crippen LogP contribution is -2.32. The molecule has 0 aromatic heterocycles. The van der Waals surface area contributed by atoms with Gasteiger partial charge in [-0.05, 0) is 30.5 Å². The molecule has 0 radical (unpaired) electrons. The molecule has 0 aliphatic carbocycles. The lowest BCUT2D eigenvalue weighted by molar-refractivity contribution is 0.114. The maximum absolute atomic E-state index is 13.6. The second-order valence-corrected chi connectivity index (χ2v) is 6.32. The van der Waals surface area contributed by atoms with E-state index in [4.69, 9.17) is 10.5 Å². The summed E-state index contributed by atoms with van der Waals surface area (Å²) in [5.74, 6) is -2.63. The van der Waals surface area contributed by atoms with Crippen molar-refractivity contribution in [2.24, 2.45) is 5.73 Å². The van der Waals surface area contributed by atoms with E-state index < -0.39 is 26.6 Å². The Kier molecular flexibility index (Phi) is 4.69. The smallest absolute Gasteiger partial charge is 0.243 e. The molecule has 1 aliphatic rings. The number of sulfonamides is 1. The van der Waals surface area contributed by atoms with Gasteiger partial charge >= 0.3 is 0 Å². The molecule has 1 aliphatic heterocycles. The van der Waals surface area contributed by atoms with Gasteiger partial charge in [-0.3, -0.25) is 0 Å². The molecule has 20 heavy (non-hydrogen) atoms. The zero-order chi connectivity index (χ0) is 14.8. The first kappa shape index (κ1) is 15.3. The van der Waals surface area contributed by atoms with Gasteiger partial charge in [-0.1, -0.05) is 0 Å². The predicted molar refractivity (Wildman–Crippen MR) is 68.4 cm³/mol. The van der Waals surface area contributed by atoms with E-state index >= 15 is 0 Å². The van der Waals surface area contributed by atoms with Crippen molar-refractivity contribution >= 4 is 10.0 Å². The van der Waals surface area contributed by atoms with Crippen LogP contribution in [0.25, 0.3) is 0 Å². The summed E-state index contributed by atoms with van der Waals surface area (Å²) in [4.78, 5) is -0.726. The van der Waals surface area contributed by atoms with Crippen molar-refractivity contribution in [3.63, 3.8) is 0 Å². The van der Waals surface area contributed by atoms with Gasteiger partial charge in [0.25, 0.3) is 0 Å². The molecule has 1 atom stereocenters. The molecule has 1 saturated heterocycles. The van der Waals surface area contributed by atoms with E-state index in [0.29, 0.717) is 6.61 Å². The number of hydrogen-bond acceptors (Lipinski definition) is 4. The lowest BCUT2D eigenvalue weighted by Gasteiger charge is -2.13. The first-order valence-electron chi connectivity index (χ1n) is 6.23. The Morgan fingerprint density at radius 1 is 1.40 bits per heavy atom. The van der Waals surface area contributed by atoms with Gasteiger partial charge in [0.15, 0.2) is 11.6 Å². The van der Waals surface area contributed by atoms with E-state index in [-0.39, 0.29) is 24.8 Å². The van der Waals surface area contributed by atoms with Crippen LogP contribution in [0.2, 0.25) is 0 Å². The van der Waals surface area contributed by atoms with Crippen molar-refractivity contribution in [3.8, 4) is 0 Å². The number of rotatable bonds is 5. The molecule has 1 fully saturated rings. The zero-order valence-corrected chi connectivity index (χ0v) is 11.6. The minimum absolute atomic E-state index is 0.0379. The van der Waals surface area contributed by atoms with Gasteiger partial charge in [0.05, 0.1) is 6.10 Å². The summed E-state index contributed by atoms with van der Waals surface area (Å²) in [6.07, 6.45) is 1.37. The Morgan fingerprint density at radius 2 is 2.15 bits per heavy atom. The largest absolute Gasteiger partial charge is 0.377 e. The van der Waals surface area contributed by atoms with Crippen LogP contribution in [0, 0.1) is 11.6 Å². The fourth-order valence-corrected chi connectivity index (χ4v) is 3.22. The van der Waals surface area contributed by atoms with Gasteiger partial charge in [-0.25, -0.2) is 21.9 Å². The standard InChI is InChI=1S/C12H16F2N2O3S/c13-10-4-8(6-15)5-11(12(10)14)20(17,18)16-7-9-2-1-3-19-9/h4-5,9,16H,1-3,6-7,15H2. The molecule has 0 amide bonds. The second kappa shape index (κ2) is 6.13. The zero-order valence-electron chi connectivity index (χ0n) is 10.7. The van der Waals surface area contributed by atoms with Gasteiger partial charge in [0.1, 0.15) is 4.90 Å². The summed E-state index contributed by atoms with van der Waals surface area (Å²) in [6, 6.07) is 1.92. The number of nitrogens with one attached hydrogen (secondary N) is 1. The molecule has 3 N–H and O–H groups in total. The minimum atomic E-state index is -4.13. The molecule has 1 aromatic carbocycles. The minimum Gasteiger partial charge on any atom is -0.377 e. The molecule has 1 unspecified atom stereocenters. The lowest BCUT2D eigenvalue weighted by atomic mass is 10.2. The van der Waals surface area contributed by atoms with Crippen molar-refractivity contribution in [3.05, 3.63) is 29.3 Å². The summed E-state index contributed by atoms with van der Waals surface area (Å²) in [6.45, 7) is 0.541. The van der Waals surface area contributed by atoms with Crippen molar-refractivity contribution < 1.29 is 21.9 Å². The van der Waals surface area contributed by atoms with Crippen LogP contribution in [-0.4, -0.2) is 27.7 Å². The summed E-state index contributed by atoms with van der Waals surface area (Å²) in [5.41, 5.74) is 5.54. The molecule has 112 valence electrons. The van der Waals surface area contributed by atoms with Crippen LogP contribution in [0.1, 0.15) is 18.4 Å². The molecule has 8 heteroatoms. The Labute approximate surface area is 116 Å². The number of hydrogen-bond donors (Lipinski definition) is 2. The molecule has 0 spiro atoms. The number of ether oxygens (including phenoxy) is 1. The molecule has 0 saturated carbocycles. The molecule has 1 aromatic rings. The monoisotopic (exact) mass is 306 g/mol. The van der Waals surface area contributed by atoms with Gasteiger partial charge < -0.3 is 10.5 Å². The normalized spacial score (nSPS) is 19.4. The Morgan fingerprint density at radius 3 is 2.75 bits per heavy atom. The first-order valence-corrected chi connectivity index (χ1v) is 7.71. The molecular formula is C12H16F2N2O3S. The van der Waals surface area contributed by atoms with Gasteiger partial charge in [-0.2, -0.15) is 0 Å². The molecule has 0 bridgehead atoms. The number of benzene rings is 1. The Balaban J connectivity index is 2.21. The third-order valence-corrected chi connectivity index (χ3v) is 4.53. The summed E-state index contributed by atoms with van der Waals surface area (Å²) >= 11 is 0. The van der Waals surface area contributed by atoms with Crippen LogP contribution in [0.5, 0.6) is 0 Å². The average molecular weight is 306 g/mol. The van der Waals surface area contributed by atoms with E-state index in [1.165, 1.54) is 0 Å².